The Labute approximate surface area is 134 Å². The van der Waals surface area contributed by atoms with Gasteiger partial charge >= 0.3 is 0 Å². The summed E-state index contributed by atoms with van der Waals surface area (Å²) < 4.78 is 5.71. The summed E-state index contributed by atoms with van der Waals surface area (Å²) in [5.41, 5.74) is 1.08. The van der Waals surface area contributed by atoms with Gasteiger partial charge in [-0.15, -0.1) is 11.3 Å². The molecule has 21 heavy (non-hydrogen) atoms. The summed E-state index contributed by atoms with van der Waals surface area (Å²) in [7, 11) is 0. The molecule has 0 spiro atoms. The minimum absolute atomic E-state index is 0.662. The summed E-state index contributed by atoms with van der Waals surface area (Å²) in [6, 6.07) is 0. The third-order valence-corrected chi connectivity index (χ3v) is 4.22. The summed E-state index contributed by atoms with van der Waals surface area (Å²) >= 11 is 1.72. The van der Waals surface area contributed by atoms with Gasteiger partial charge in [-0.25, -0.2) is 4.98 Å². The Morgan fingerprint density at radius 1 is 1.19 bits per heavy atom. The molecule has 1 heterocycles. The Morgan fingerprint density at radius 3 is 2.71 bits per heavy atom. The number of nitrogens with zero attached hydrogens (tertiary/aromatic N) is 1. The summed E-state index contributed by atoms with van der Waals surface area (Å²) in [6.07, 6.45) is 7.87. The molecule has 0 aliphatic rings. The van der Waals surface area contributed by atoms with Crippen molar-refractivity contribution in [2.75, 3.05) is 13.2 Å². The van der Waals surface area contributed by atoms with Gasteiger partial charge in [0.2, 0.25) is 0 Å². The summed E-state index contributed by atoms with van der Waals surface area (Å²) in [5, 5.41) is 6.70. The van der Waals surface area contributed by atoms with Crippen LogP contribution in [0, 0.1) is 5.92 Å². The van der Waals surface area contributed by atoms with Gasteiger partial charge in [-0.05, 0) is 18.9 Å². The lowest BCUT2D eigenvalue weighted by Gasteiger charge is -2.04. The van der Waals surface area contributed by atoms with Crippen molar-refractivity contribution in [3.05, 3.63) is 16.1 Å². The van der Waals surface area contributed by atoms with Crippen LogP contribution >= 0.6 is 11.3 Å². The van der Waals surface area contributed by atoms with Crippen LogP contribution < -0.4 is 5.32 Å². The van der Waals surface area contributed by atoms with Crippen molar-refractivity contribution in [1.29, 1.82) is 0 Å². The molecule has 0 unspecified atom stereocenters. The highest BCUT2D eigenvalue weighted by Crippen LogP contribution is 2.11. The van der Waals surface area contributed by atoms with Crippen LogP contribution in [0.1, 0.15) is 70.0 Å². The van der Waals surface area contributed by atoms with Crippen LogP contribution in [0.3, 0.4) is 0 Å². The minimum Gasteiger partial charge on any atom is -0.375 e. The molecule has 0 aliphatic carbocycles. The van der Waals surface area contributed by atoms with E-state index in [9.17, 15) is 0 Å². The first-order valence-corrected chi connectivity index (χ1v) is 9.32. The van der Waals surface area contributed by atoms with E-state index in [0.717, 1.165) is 30.4 Å². The number of aromatic nitrogens is 1. The van der Waals surface area contributed by atoms with Gasteiger partial charge < -0.3 is 10.1 Å². The summed E-state index contributed by atoms with van der Waals surface area (Å²) in [5.74, 6) is 0.685. The zero-order valence-electron chi connectivity index (χ0n) is 14.0. The van der Waals surface area contributed by atoms with Crippen LogP contribution in [0.2, 0.25) is 0 Å². The molecule has 0 aliphatic heterocycles. The van der Waals surface area contributed by atoms with Crippen LogP contribution in [0.15, 0.2) is 5.38 Å². The Bertz CT molecular complexity index is 352. The first-order valence-electron chi connectivity index (χ1n) is 8.44. The van der Waals surface area contributed by atoms with Crippen LogP contribution in [0.4, 0.5) is 0 Å². The molecule has 0 radical (unpaired) electrons. The van der Waals surface area contributed by atoms with E-state index in [1.807, 2.05) is 0 Å². The SMILES string of the molecule is CCCCCCCCOCc1csc(CNCC(C)C)n1. The van der Waals surface area contributed by atoms with Crippen LogP contribution in [0.25, 0.3) is 0 Å². The third kappa shape index (κ3) is 9.99. The van der Waals surface area contributed by atoms with Crippen molar-refractivity contribution in [2.45, 2.75) is 72.4 Å². The predicted molar refractivity (Wildman–Crippen MR) is 91.7 cm³/mol. The van der Waals surface area contributed by atoms with E-state index >= 15 is 0 Å². The number of unbranched alkanes of at least 4 members (excludes halogenated alkanes) is 5. The smallest absolute Gasteiger partial charge is 0.107 e. The van der Waals surface area contributed by atoms with Crippen molar-refractivity contribution in [3.63, 3.8) is 0 Å². The quantitative estimate of drug-likeness (QED) is 0.533. The van der Waals surface area contributed by atoms with Gasteiger partial charge in [0.15, 0.2) is 0 Å². The molecule has 3 nitrogen and oxygen atoms in total. The van der Waals surface area contributed by atoms with Gasteiger partial charge in [-0.2, -0.15) is 0 Å². The highest BCUT2D eigenvalue weighted by molar-refractivity contribution is 7.09. The molecule has 0 bridgehead atoms. The number of hydrogen-bond acceptors (Lipinski definition) is 4. The van der Waals surface area contributed by atoms with E-state index in [-0.39, 0.29) is 0 Å². The zero-order chi connectivity index (χ0) is 15.3. The first kappa shape index (κ1) is 18.6. The highest BCUT2D eigenvalue weighted by Gasteiger charge is 2.02. The molecule has 0 amide bonds. The fourth-order valence-electron chi connectivity index (χ4n) is 2.13. The van der Waals surface area contributed by atoms with E-state index in [4.69, 9.17) is 4.74 Å². The average molecular weight is 313 g/mol. The zero-order valence-corrected chi connectivity index (χ0v) is 14.8. The van der Waals surface area contributed by atoms with E-state index in [2.05, 4.69) is 36.5 Å². The fraction of sp³-hybridized carbons (Fsp3) is 0.824. The second kappa shape index (κ2) is 12.1. The highest BCUT2D eigenvalue weighted by atomic mass is 32.1. The van der Waals surface area contributed by atoms with Gasteiger partial charge in [0.05, 0.1) is 12.3 Å². The lowest BCUT2D eigenvalue weighted by molar-refractivity contribution is 0.114. The predicted octanol–water partition coefficient (Wildman–Crippen LogP) is 4.77. The Hall–Kier alpha value is -0.450. The molecular formula is C17H32N2OS. The van der Waals surface area contributed by atoms with E-state index in [0.29, 0.717) is 12.5 Å². The molecule has 122 valence electrons. The Balaban J connectivity index is 2.01. The lowest BCUT2D eigenvalue weighted by Crippen LogP contribution is -2.18. The topological polar surface area (TPSA) is 34.1 Å². The number of thiazole rings is 1. The Morgan fingerprint density at radius 2 is 1.95 bits per heavy atom. The van der Waals surface area contributed by atoms with Crippen LogP contribution in [-0.2, 0) is 17.9 Å². The molecule has 1 aromatic rings. The van der Waals surface area contributed by atoms with Crippen molar-refractivity contribution >= 4 is 11.3 Å². The van der Waals surface area contributed by atoms with Gasteiger partial charge in [0, 0.05) is 18.5 Å². The number of hydrogen-bond donors (Lipinski definition) is 1. The Kier molecular flexibility index (Phi) is 10.7. The summed E-state index contributed by atoms with van der Waals surface area (Å²) in [4.78, 5) is 4.60. The molecule has 4 heteroatoms. The van der Waals surface area contributed by atoms with Gasteiger partial charge in [-0.3, -0.25) is 0 Å². The van der Waals surface area contributed by atoms with Crippen molar-refractivity contribution in [1.82, 2.24) is 10.3 Å². The third-order valence-electron chi connectivity index (χ3n) is 3.32. The number of rotatable bonds is 13. The molecular weight excluding hydrogens is 280 g/mol. The van der Waals surface area contributed by atoms with Crippen LogP contribution in [0.5, 0.6) is 0 Å². The fourth-order valence-corrected chi connectivity index (χ4v) is 2.87. The molecule has 1 rings (SSSR count). The molecule has 0 saturated carbocycles. The van der Waals surface area contributed by atoms with E-state index < -0.39 is 0 Å². The standard InChI is InChI=1S/C17H32N2OS/c1-4-5-6-7-8-9-10-20-13-16-14-21-17(19-16)12-18-11-15(2)3/h14-15,18H,4-13H2,1-3H3. The molecule has 0 fully saturated rings. The largest absolute Gasteiger partial charge is 0.375 e. The van der Waals surface area contributed by atoms with Crippen molar-refractivity contribution < 1.29 is 4.74 Å². The lowest BCUT2D eigenvalue weighted by atomic mass is 10.1. The molecule has 0 saturated heterocycles. The molecule has 1 aromatic heterocycles. The van der Waals surface area contributed by atoms with Gasteiger partial charge in [-0.1, -0.05) is 52.9 Å². The maximum atomic E-state index is 5.71. The van der Waals surface area contributed by atoms with E-state index in [1.54, 1.807) is 11.3 Å². The molecule has 1 N–H and O–H groups in total. The maximum absolute atomic E-state index is 5.71. The monoisotopic (exact) mass is 312 g/mol. The molecule has 0 aromatic carbocycles. The second-order valence-corrected chi connectivity index (χ2v) is 7.02. The summed E-state index contributed by atoms with van der Waals surface area (Å²) in [6.45, 7) is 10.1. The number of nitrogens with one attached hydrogen (secondary N) is 1. The van der Waals surface area contributed by atoms with Gasteiger partial charge in [0.25, 0.3) is 0 Å². The molecule has 0 atom stereocenters. The van der Waals surface area contributed by atoms with Crippen molar-refractivity contribution in [3.8, 4) is 0 Å². The maximum Gasteiger partial charge on any atom is 0.107 e. The minimum atomic E-state index is 0.662. The van der Waals surface area contributed by atoms with Gasteiger partial charge in [0.1, 0.15) is 5.01 Å². The van der Waals surface area contributed by atoms with Crippen molar-refractivity contribution in [2.24, 2.45) is 5.92 Å². The number of ether oxygens (including phenoxy) is 1. The first-order chi connectivity index (χ1) is 10.2. The second-order valence-electron chi connectivity index (χ2n) is 6.08. The van der Waals surface area contributed by atoms with E-state index in [1.165, 1.54) is 38.5 Å². The van der Waals surface area contributed by atoms with Crippen LogP contribution in [-0.4, -0.2) is 18.1 Å². The normalized spacial score (nSPS) is 11.4. The average Bonchev–Trinajstić information content (AvgIpc) is 2.89.